The maximum absolute atomic E-state index is 14.5. The molecule has 0 radical (unpaired) electrons. The Balaban J connectivity index is 1.87. The van der Waals surface area contributed by atoms with Crippen molar-refractivity contribution in [2.24, 2.45) is 5.73 Å². The number of fused-ring (bicyclic) bond motifs is 5. The fourth-order valence-corrected chi connectivity index (χ4v) is 3.76. The molecule has 4 rings (SSSR count). The summed E-state index contributed by atoms with van der Waals surface area (Å²) in [6.45, 7) is 0. The van der Waals surface area contributed by atoms with Crippen molar-refractivity contribution in [2.45, 2.75) is 31.4 Å². The van der Waals surface area contributed by atoms with Gasteiger partial charge < -0.3 is 15.4 Å². The summed E-state index contributed by atoms with van der Waals surface area (Å²) in [4.78, 5) is 37.9. The Morgan fingerprint density at radius 2 is 2.09 bits per heavy atom. The van der Waals surface area contributed by atoms with E-state index >= 15 is 0 Å². The van der Waals surface area contributed by atoms with Gasteiger partial charge in [-0.1, -0.05) is 0 Å². The van der Waals surface area contributed by atoms with Crippen molar-refractivity contribution in [1.82, 2.24) is 0 Å². The minimum Gasteiger partial charge on any atom is -0.433 e. The number of benzene rings is 1. The van der Waals surface area contributed by atoms with E-state index in [0.717, 1.165) is 5.56 Å². The number of halogens is 1. The molecule has 8 heteroatoms. The van der Waals surface area contributed by atoms with Gasteiger partial charge in [0.15, 0.2) is 0 Å². The summed E-state index contributed by atoms with van der Waals surface area (Å²) in [6, 6.07) is 0.678. The number of ether oxygens (including phenoxy) is 1. The Morgan fingerprint density at radius 3 is 2.78 bits per heavy atom. The fraction of sp³-hybridized carbons (Fsp3) is 0.400. The quantitative estimate of drug-likeness (QED) is 0.814. The van der Waals surface area contributed by atoms with Crippen LogP contribution in [0.5, 0.6) is 0 Å². The molecular weight excluding hydrogens is 305 g/mol. The average Bonchev–Trinajstić information content (AvgIpc) is 3.01. The van der Waals surface area contributed by atoms with Crippen molar-refractivity contribution >= 4 is 29.3 Å². The molecule has 0 aromatic heterocycles. The van der Waals surface area contributed by atoms with Crippen molar-refractivity contribution < 1.29 is 23.5 Å². The van der Waals surface area contributed by atoms with Crippen LogP contribution in [0.4, 0.5) is 20.6 Å². The summed E-state index contributed by atoms with van der Waals surface area (Å²) in [5.41, 5.74) is 7.45. The van der Waals surface area contributed by atoms with Gasteiger partial charge in [-0.05, 0) is 24.0 Å². The predicted octanol–water partition coefficient (Wildman–Crippen LogP) is 0.470. The van der Waals surface area contributed by atoms with Crippen molar-refractivity contribution in [3.8, 4) is 0 Å². The van der Waals surface area contributed by atoms with Crippen molar-refractivity contribution in [1.29, 1.82) is 0 Å². The Bertz CT molecular complexity index is 778. The zero-order chi connectivity index (χ0) is 16.5. The number of rotatable bonds is 1. The van der Waals surface area contributed by atoms with Crippen LogP contribution in [0.3, 0.4) is 0 Å². The lowest BCUT2D eigenvalue weighted by molar-refractivity contribution is -0.125. The summed E-state index contributed by atoms with van der Waals surface area (Å²) >= 11 is 0. The molecule has 3 aliphatic heterocycles. The number of hydrogen-bond donors (Lipinski definition) is 1. The van der Waals surface area contributed by atoms with E-state index in [1.165, 1.54) is 22.9 Å². The number of primary amides is 1. The van der Waals surface area contributed by atoms with Gasteiger partial charge in [0, 0.05) is 19.5 Å². The standard InChI is InChI=1S/C15H14FN3O4/c1-18-11(20)3-2-6-7-4-10-13(14(17)21)23-15(22)19(10)9(7)5-8(16)12(6)18/h5,10,13H,2-4H2,1H3,(H2,17,21)/t10-,13+/m0/s1. The second-order valence-electron chi connectivity index (χ2n) is 5.98. The average molecular weight is 319 g/mol. The van der Waals surface area contributed by atoms with Crippen molar-refractivity contribution in [2.75, 3.05) is 16.8 Å². The number of hydrogen-bond acceptors (Lipinski definition) is 4. The predicted molar refractivity (Wildman–Crippen MR) is 77.6 cm³/mol. The molecule has 1 fully saturated rings. The fourth-order valence-electron chi connectivity index (χ4n) is 3.76. The summed E-state index contributed by atoms with van der Waals surface area (Å²) < 4.78 is 19.5. The third-order valence-electron chi connectivity index (χ3n) is 4.81. The zero-order valence-corrected chi connectivity index (χ0v) is 12.3. The highest BCUT2D eigenvalue weighted by Gasteiger charge is 2.51. The molecule has 2 N–H and O–H groups in total. The van der Waals surface area contributed by atoms with Crippen LogP contribution >= 0.6 is 0 Å². The molecule has 0 spiro atoms. The minimum absolute atomic E-state index is 0.149. The topological polar surface area (TPSA) is 92.9 Å². The molecule has 3 amide bonds. The first-order valence-corrected chi connectivity index (χ1v) is 7.30. The summed E-state index contributed by atoms with van der Waals surface area (Å²) in [5, 5.41) is 0. The van der Waals surface area contributed by atoms with Crippen LogP contribution in [0.15, 0.2) is 6.07 Å². The zero-order valence-electron chi connectivity index (χ0n) is 12.3. The Hall–Kier alpha value is -2.64. The molecule has 0 saturated carbocycles. The third kappa shape index (κ3) is 1.71. The van der Waals surface area contributed by atoms with Gasteiger partial charge in [0.1, 0.15) is 5.82 Å². The second kappa shape index (κ2) is 4.43. The van der Waals surface area contributed by atoms with Gasteiger partial charge in [-0.3, -0.25) is 14.5 Å². The van der Waals surface area contributed by atoms with Crippen LogP contribution in [0.1, 0.15) is 17.5 Å². The van der Waals surface area contributed by atoms with Crippen molar-refractivity contribution in [3.05, 3.63) is 23.0 Å². The molecule has 7 nitrogen and oxygen atoms in total. The lowest BCUT2D eigenvalue weighted by Gasteiger charge is -2.28. The van der Waals surface area contributed by atoms with Crippen LogP contribution in [0.25, 0.3) is 0 Å². The maximum Gasteiger partial charge on any atom is 0.415 e. The molecule has 1 aromatic carbocycles. The molecule has 2 atom stereocenters. The molecule has 23 heavy (non-hydrogen) atoms. The number of carbonyl (C=O) groups excluding carboxylic acids is 3. The minimum atomic E-state index is -1.04. The monoisotopic (exact) mass is 319 g/mol. The molecule has 0 aliphatic carbocycles. The van der Waals surface area contributed by atoms with Crippen LogP contribution in [0, 0.1) is 5.82 Å². The van der Waals surface area contributed by atoms with Gasteiger partial charge in [-0.15, -0.1) is 0 Å². The van der Waals surface area contributed by atoms with Crippen LogP contribution < -0.4 is 15.5 Å². The number of carbonyl (C=O) groups is 3. The normalized spacial score (nSPS) is 25.1. The number of anilines is 2. The van der Waals surface area contributed by atoms with Crippen LogP contribution in [0.2, 0.25) is 0 Å². The molecule has 120 valence electrons. The van der Waals surface area contributed by atoms with Crippen LogP contribution in [-0.4, -0.2) is 37.1 Å². The van der Waals surface area contributed by atoms with E-state index in [-0.39, 0.29) is 18.0 Å². The van der Waals surface area contributed by atoms with E-state index in [1.54, 1.807) is 0 Å². The first-order valence-electron chi connectivity index (χ1n) is 7.30. The first kappa shape index (κ1) is 14.0. The number of amides is 3. The Kier molecular flexibility index (Phi) is 2.70. The highest BCUT2D eigenvalue weighted by molar-refractivity contribution is 6.01. The third-order valence-corrected chi connectivity index (χ3v) is 4.81. The Labute approximate surface area is 130 Å². The number of nitrogens with zero attached hydrogens (tertiary/aromatic N) is 2. The smallest absolute Gasteiger partial charge is 0.415 e. The molecule has 0 bridgehead atoms. The molecular formula is C15H14FN3O4. The van der Waals surface area contributed by atoms with E-state index < -0.39 is 30.0 Å². The Morgan fingerprint density at radius 1 is 1.35 bits per heavy atom. The molecule has 0 unspecified atom stereocenters. The van der Waals surface area contributed by atoms with E-state index in [2.05, 4.69) is 0 Å². The van der Waals surface area contributed by atoms with Gasteiger partial charge in [0.05, 0.1) is 17.4 Å². The lowest BCUT2D eigenvalue weighted by atomic mass is 9.92. The number of nitrogens with two attached hydrogens (primary N) is 1. The highest BCUT2D eigenvalue weighted by atomic mass is 19.1. The summed E-state index contributed by atoms with van der Waals surface area (Å²) in [7, 11) is 1.53. The number of cyclic esters (lactones) is 1. The SMILES string of the molecule is CN1C(=O)CCc2c3c(cc(F)c21)N1C(=O)O[C@@H](C(N)=O)[C@@H]1C3. The van der Waals surface area contributed by atoms with E-state index in [1.807, 2.05) is 0 Å². The van der Waals surface area contributed by atoms with Gasteiger partial charge in [-0.2, -0.15) is 0 Å². The van der Waals surface area contributed by atoms with Gasteiger partial charge in [0.2, 0.25) is 12.0 Å². The lowest BCUT2D eigenvalue weighted by Crippen LogP contribution is -2.41. The van der Waals surface area contributed by atoms with E-state index in [9.17, 15) is 18.8 Å². The van der Waals surface area contributed by atoms with Crippen LogP contribution in [-0.2, 0) is 27.2 Å². The highest BCUT2D eigenvalue weighted by Crippen LogP contribution is 2.45. The molecule has 3 heterocycles. The van der Waals surface area contributed by atoms with Gasteiger partial charge in [0.25, 0.3) is 5.91 Å². The summed E-state index contributed by atoms with van der Waals surface area (Å²) in [5.74, 6) is -1.44. The van der Waals surface area contributed by atoms with Gasteiger partial charge in [-0.25, -0.2) is 9.18 Å². The van der Waals surface area contributed by atoms with E-state index in [4.69, 9.17) is 10.5 Å². The maximum atomic E-state index is 14.5. The second-order valence-corrected chi connectivity index (χ2v) is 5.98. The molecule has 1 aromatic rings. The van der Waals surface area contributed by atoms with Gasteiger partial charge >= 0.3 is 6.09 Å². The summed E-state index contributed by atoms with van der Waals surface area (Å²) in [6.07, 6.45) is -0.684. The molecule has 1 saturated heterocycles. The largest absolute Gasteiger partial charge is 0.433 e. The van der Waals surface area contributed by atoms with Crippen molar-refractivity contribution in [3.63, 3.8) is 0 Å². The molecule has 3 aliphatic rings. The van der Waals surface area contributed by atoms with E-state index in [0.29, 0.717) is 24.1 Å². The first-order chi connectivity index (χ1) is 10.9.